The molecule has 1 N–H and O–H groups in total. The lowest BCUT2D eigenvalue weighted by Crippen LogP contribution is -3.00. The van der Waals surface area contributed by atoms with Crippen molar-refractivity contribution in [2.24, 2.45) is 0 Å². The van der Waals surface area contributed by atoms with Gasteiger partial charge in [-0.2, -0.15) is 0 Å². The van der Waals surface area contributed by atoms with E-state index in [0.29, 0.717) is 0 Å². The zero-order chi connectivity index (χ0) is 16.7. The summed E-state index contributed by atoms with van der Waals surface area (Å²) in [7, 11) is 0. The topological polar surface area (TPSA) is 15.9 Å². The second kappa shape index (κ2) is 7.08. The molecule has 2 nitrogen and oxygen atoms in total. The summed E-state index contributed by atoms with van der Waals surface area (Å²) in [5.41, 5.74) is 2.03. The molecule has 0 fully saturated rings. The van der Waals surface area contributed by atoms with Crippen LogP contribution in [0.5, 0.6) is 0 Å². The van der Waals surface area contributed by atoms with Crippen LogP contribution >= 0.6 is 22.9 Å². The third-order valence-corrected chi connectivity index (χ3v) is 4.47. The van der Waals surface area contributed by atoms with Crippen molar-refractivity contribution in [3.63, 3.8) is 0 Å². The summed E-state index contributed by atoms with van der Waals surface area (Å²) in [5, 5.41) is 6.69. The second-order valence-electron chi connectivity index (χ2n) is 7.44. The van der Waals surface area contributed by atoms with Gasteiger partial charge < -0.3 is 17.0 Å². The standard InChI is InChI=1S/C17H22ClFN2S.BrH/c1-16(2,3)14-10-22-15(21(14)17(4,5)6)20-11-7-8-13(19)12(18)9-11;/h7-10H,1-6H3;1H. The molecule has 0 saturated heterocycles. The number of hydrogen-bond donors (Lipinski definition) is 1. The molecule has 1 aromatic heterocycles. The Morgan fingerprint density at radius 1 is 1.13 bits per heavy atom. The molecule has 6 heteroatoms. The molecule has 1 aromatic carbocycles. The zero-order valence-corrected chi connectivity index (χ0v) is 17.5. The Morgan fingerprint density at radius 3 is 2.22 bits per heavy atom. The van der Waals surface area contributed by atoms with E-state index in [0.717, 1.165) is 10.8 Å². The van der Waals surface area contributed by atoms with Crippen LogP contribution in [0.25, 0.3) is 0 Å². The minimum Gasteiger partial charge on any atom is -1.00 e. The van der Waals surface area contributed by atoms with Crippen LogP contribution in [0.2, 0.25) is 5.02 Å². The van der Waals surface area contributed by atoms with Gasteiger partial charge >= 0.3 is 5.13 Å². The largest absolute Gasteiger partial charge is 1.00 e. The number of rotatable bonds is 2. The molecule has 23 heavy (non-hydrogen) atoms. The fourth-order valence-corrected chi connectivity index (χ4v) is 3.80. The smallest absolute Gasteiger partial charge is 0.339 e. The number of halogens is 3. The van der Waals surface area contributed by atoms with Crippen molar-refractivity contribution in [3.8, 4) is 0 Å². The van der Waals surface area contributed by atoms with Gasteiger partial charge in [0, 0.05) is 16.9 Å². The molecule has 0 aliphatic carbocycles. The van der Waals surface area contributed by atoms with Gasteiger partial charge in [-0.15, -0.1) is 0 Å². The second-order valence-corrected chi connectivity index (χ2v) is 8.70. The van der Waals surface area contributed by atoms with Crippen LogP contribution in [0.15, 0.2) is 23.6 Å². The predicted molar refractivity (Wildman–Crippen MR) is 92.9 cm³/mol. The van der Waals surface area contributed by atoms with Gasteiger partial charge in [0.25, 0.3) is 0 Å². The van der Waals surface area contributed by atoms with Gasteiger partial charge in [0.1, 0.15) is 22.7 Å². The van der Waals surface area contributed by atoms with E-state index in [9.17, 15) is 4.39 Å². The quantitative estimate of drug-likeness (QED) is 0.737. The number of thiazole rings is 1. The SMILES string of the molecule is CC(C)(C)c1csc(Nc2ccc(F)c(Cl)c2)[n+]1C(C)(C)C.[Br-]. The van der Waals surface area contributed by atoms with Crippen molar-refractivity contribution in [1.82, 2.24) is 0 Å². The number of hydrogen-bond acceptors (Lipinski definition) is 2. The van der Waals surface area contributed by atoms with E-state index in [1.165, 1.54) is 11.8 Å². The van der Waals surface area contributed by atoms with Gasteiger partial charge in [0.2, 0.25) is 0 Å². The highest BCUT2D eigenvalue weighted by Crippen LogP contribution is 2.30. The zero-order valence-electron chi connectivity index (χ0n) is 14.3. The van der Waals surface area contributed by atoms with Crippen LogP contribution in [0.4, 0.5) is 15.2 Å². The Hall–Kier alpha value is -0.650. The predicted octanol–water partition coefficient (Wildman–Crippen LogP) is 2.63. The van der Waals surface area contributed by atoms with Crippen LogP contribution in [0.3, 0.4) is 0 Å². The molecule has 0 radical (unpaired) electrons. The molecular formula is C17H23BrClFN2S. The Balaban J connectivity index is 0.00000264. The van der Waals surface area contributed by atoms with Gasteiger partial charge in [-0.05, 0) is 32.9 Å². The van der Waals surface area contributed by atoms with E-state index in [4.69, 9.17) is 11.6 Å². The first-order chi connectivity index (χ1) is 10.00. The minimum absolute atomic E-state index is 0. The summed E-state index contributed by atoms with van der Waals surface area (Å²) >= 11 is 7.52. The molecule has 0 bridgehead atoms. The Kier molecular flexibility index (Phi) is 6.27. The van der Waals surface area contributed by atoms with Crippen molar-refractivity contribution >= 4 is 33.8 Å². The molecule has 0 atom stereocenters. The Labute approximate surface area is 157 Å². The van der Waals surface area contributed by atoms with Crippen LogP contribution < -0.4 is 26.9 Å². The van der Waals surface area contributed by atoms with E-state index in [-0.39, 0.29) is 33.0 Å². The maximum absolute atomic E-state index is 13.3. The Morgan fingerprint density at radius 2 is 1.74 bits per heavy atom. The summed E-state index contributed by atoms with van der Waals surface area (Å²) in [4.78, 5) is 0. The first kappa shape index (κ1) is 20.4. The van der Waals surface area contributed by atoms with Gasteiger partial charge in [0.15, 0.2) is 0 Å². The normalized spacial score (nSPS) is 12.0. The Bertz CT molecular complexity index is 687. The molecule has 2 rings (SSSR count). The van der Waals surface area contributed by atoms with Crippen molar-refractivity contribution in [3.05, 3.63) is 40.1 Å². The fraction of sp³-hybridized carbons (Fsp3) is 0.471. The average molecular weight is 422 g/mol. The lowest BCUT2D eigenvalue weighted by atomic mass is 9.91. The lowest BCUT2D eigenvalue weighted by Gasteiger charge is -2.25. The first-order valence-electron chi connectivity index (χ1n) is 7.27. The lowest BCUT2D eigenvalue weighted by molar-refractivity contribution is -0.746. The number of nitrogens with one attached hydrogen (secondary N) is 1. The van der Waals surface area contributed by atoms with Crippen LogP contribution in [-0.2, 0) is 11.0 Å². The molecule has 0 aliphatic rings. The van der Waals surface area contributed by atoms with E-state index in [1.54, 1.807) is 23.5 Å². The molecule has 0 saturated carbocycles. The molecule has 0 aliphatic heterocycles. The van der Waals surface area contributed by atoms with E-state index in [2.05, 4.69) is 56.8 Å². The van der Waals surface area contributed by atoms with Gasteiger partial charge in [-0.1, -0.05) is 43.7 Å². The van der Waals surface area contributed by atoms with Crippen LogP contribution in [0, 0.1) is 5.82 Å². The fourth-order valence-electron chi connectivity index (χ4n) is 2.29. The average Bonchev–Trinajstić information content (AvgIpc) is 2.77. The van der Waals surface area contributed by atoms with E-state index >= 15 is 0 Å². The summed E-state index contributed by atoms with van der Waals surface area (Å²) < 4.78 is 15.6. The van der Waals surface area contributed by atoms with Crippen molar-refractivity contribution < 1.29 is 25.9 Å². The van der Waals surface area contributed by atoms with Crippen molar-refractivity contribution in [2.75, 3.05) is 5.32 Å². The number of anilines is 2. The van der Waals surface area contributed by atoms with Crippen molar-refractivity contribution in [2.45, 2.75) is 52.5 Å². The van der Waals surface area contributed by atoms with Crippen molar-refractivity contribution in [1.29, 1.82) is 0 Å². The number of benzene rings is 1. The van der Waals surface area contributed by atoms with Gasteiger partial charge in [-0.25, -0.2) is 14.3 Å². The summed E-state index contributed by atoms with van der Waals surface area (Å²) in [5.74, 6) is -0.405. The molecule has 1 heterocycles. The monoisotopic (exact) mass is 420 g/mol. The molecule has 0 amide bonds. The highest BCUT2D eigenvalue weighted by atomic mass is 79.9. The highest BCUT2D eigenvalue weighted by Gasteiger charge is 2.34. The van der Waals surface area contributed by atoms with Gasteiger partial charge in [-0.3, -0.25) is 0 Å². The molecule has 0 spiro atoms. The number of nitrogens with zero attached hydrogens (tertiary/aromatic N) is 1. The van der Waals surface area contributed by atoms with Crippen LogP contribution in [0.1, 0.15) is 47.2 Å². The van der Waals surface area contributed by atoms with E-state index < -0.39 is 5.82 Å². The molecular weight excluding hydrogens is 399 g/mol. The highest BCUT2D eigenvalue weighted by molar-refractivity contribution is 7.13. The molecule has 2 aromatic rings. The third kappa shape index (κ3) is 4.68. The minimum atomic E-state index is -0.405. The first-order valence-corrected chi connectivity index (χ1v) is 8.52. The summed E-state index contributed by atoms with van der Waals surface area (Å²) in [6.07, 6.45) is 0. The molecule has 0 unspecified atom stereocenters. The maximum atomic E-state index is 13.3. The number of aromatic nitrogens is 1. The van der Waals surface area contributed by atoms with Crippen LogP contribution in [-0.4, -0.2) is 0 Å². The summed E-state index contributed by atoms with van der Waals surface area (Å²) in [6, 6.07) is 4.69. The summed E-state index contributed by atoms with van der Waals surface area (Å²) in [6.45, 7) is 13.1. The molecule has 128 valence electrons. The maximum Gasteiger partial charge on any atom is 0.339 e. The third-order valence-electron chi connectivity index (χ3n) is 3.34. The van der Waals surface area contributed by atoms with E-state index in [1.807, 2.05) is 0 Å². The van der Waals surface area contributed by atoms with Gasteiger partial charge in [0.05, 0.1) is 5.02 Å².